The van der Waals surface area contributed by atoms with Gasteiger partial charge in [-0.1, -0.05) is 12.1 Å². The molecule has 3 N–H and O–H groups in total. The number of carbonyl (C=O) groups excluding carboxylic acids is 1. The highest BCUT2D eigenvalue weighted by Crippen LogP contribution is 2.24. The number of ether oxygens (including phenoxy) is 1. The zero-order chi connectivity index (χ0) is 16.8. The maximum atomic E-state index is 12.2. The van der Waals surface area contributed by atoms with Crippen LogP contribution in [0.4, 0.5) is 11.4 Å². The molecule has 0 saturated carbocycles. The van der Waals surface area contributed by atoms with E-state index in [0.717, 1.165) is 12.8 Å². The molecule has 1 aliphatic rings. The van der Waals surface area contributed by atoms with E-state index in [4.69, 9.17) is 10.5 Å². The van der Waals surface area contributed by atoms with Crippen molar-refractivity contribution < 1.29 is 14.5 Å². The number of anilines is 1. The highest BCUT2D eigenvalue weighted by atomic mass is 35.5. The van der Waals surface area contributed by atoms with Crippen molar-refractivity contribution >= 4 is 29.7 Å². The monoisotopic (exact) mass is 358 g/mol. The third kappa shape index (κ3) is 5.13. The van der Waals surface area contributed by atoms with Gasteiger partial charge in [0.2, 0.25) is 5.91 Å². The molecule has 134 valence electrons. The lowest BCUT2D eigenvalue weighted by Gasteiger charge is -2.37. The van der Waals surface area contributed by atoms with E-state index in [2.05, 4.69) is 5.32 Å². The fraction of sp³-hybridized carbons (Fsp3) is 0.533. The predicted molar refractivity (Wildman–Crippen MR) is 93.4 cm³/mol. The summed E-state index contributed by atoms with van der Waals surface area (Å²) in [6.45, 7) is 1.31. The van der Waals surface area contributed by atoms with Gasteiger partial charge in [0.15, 0.2) is 0 Å². The molecule has 2 unspecified atom stereocenters. The van der Waals surface area contributed by atoms with E-state index >= 15 is 0 Å². The molecule has 0 bridgehead atoms. The maximum absolute atomic E-state index is 12.2. The third-order valence-corrected chi connectivity index (χ3v) is 4.12. The summed E-state index contributed by atoms with van der Waals surface area (Å²) in [6, 6.07) is 6.17. The van der Waals surface area contributed by atoms with Gasteiger partial charge in [-0.2, -0.15) is 0 Å². The normalized spacial score (nSPS) is 20.9. The molecule has 0 aliphatic carbocycles. The first-order valence-corrected chi connectivity index (χ1v) is 7.55. The van der Waals surface area contributed by atoms with Crippen molar-refractivity contribution in [2.24, 2.45) is 5.73 Å². The standard InChI is InChI=1S/C15H22N4O4.ClH/c1-23-12-6-7-18(11(8-12)9-16)10-15(20)17-13-4-2-3-5-14(13)19(21)22;/h2-5,11-12H,6-10,16H2,1H3,(H,17,20);1H. The van der Waals surface area contributed by atoms with E-state index in [-0.39, 0.29) is 48.4 Å². The molecule has 2 rings (SSSR count). The number of nitrogens with zero attached hydrogens (tertiary/aromatic N) is 2. The number of likely N-dealkylation sites (tertiary alicyclic amines) is 1. The first-order valence-electron chi connectivity index (χ1n) is 7.55. The summed E-state index contributed by atoms with van der Waals surface area (Å²) in [4.78, 5) is 24.7. The average Bonchev–Trinajstić information content (AvgIpc) is 2.55. The molecule has 9 heteroatoms. The topological polar surface area (TPSA) is 111 Å². The minimum atomic E-state index is -0.512. The first-order chi connectivity index (χ1) is 11.0. The van der Waals surface area contributed by atoms with Crippen LogP contribution in [0.25, 0.3) is 0 Å². The zero-order valence-corrected chi connectivity index (χ0v) is 14.3. The lowest BCUT2D eigenvalue weighted by Crippen LogP contribution is -2.50. The second kappa shape index (κ2) is 9.53. The molecule has 0 aromatic heterocycles. The van der Waals surface area contributed by atoms with Crippen molar-refractivity contribution in [3.05, 3.63) is 34.4 Å². The summed E-state index contributed by atoms with van der Waals surface area (Å²) in [5.74, 6) is -0.284. The summed E-state index contributed by atoms with van der Waals surface area (Å²) >= 11 is 0. The summed E-state index contributed by atoms with van der Waals surface area (Å²) in [6.07, 6.45) is 1.79. The van der Waals surface area contributed by atoms with Crippen LogP contribution < -0.4 is 11.1 Å². The van der Waals surface area contributed by atoms with Gasteiger partial charge in [-0.25, -0.2) is 0 Å². The van der Waals surface area contributed by atoms with E-state index in [0.29, 0.717) is 13.1 Å². The molecule has 1 aromatic rings. The van der Waals surface area contributed by atoms with Crippen molar-refractivity contribution in [3.63, 3.8) is 0 Å². The fourth-order valence-corrected chi connectivity index (χ4v) is 2.84. The molecule has 1 amide bonds. The Morgan fingerprint density at radius 3 is 2.83 bits per heavy atom. The number of para-hydroxylation sites is 2. The molecular weight excluding hydrogens is 336 g/mol. The van der Waals surface area contributed by atoms with E-state index in [9.17, 15) is 14.9 Å². The van der Waals surface area contributed by atoms with Gasteiger partial charge in [-0.3, -0.25) is 19.8 Å². The van der Waals surface area contributed by atoms with Crippen molar-refractivity contribution in [1.29, 1.82) is 0 Å². The molecule has 1 aliphatic heterocycles. The number of rotatable bonds is 6. The Balaban J connectivity index is 0.00000288. The number of benzene rings is 1. The van der Waals surface area contributed by atoms with Crippen LogP contribution in [0.3, 0.4) is 0 Å². The molecule has 1 saturated heterocycles. The van der Waals surface area contributed by atoms with Crippen LogP contribution in [-0.2, 0) is 9.53 Å². The summed E-state index contributed by atoms with van der Waals surface area (Å²) in [5, 5.41) is 13.6. The highest BCUT2D eigenvalue weighted by molar-refractivity contribution is 5.94. The molecule has 1 heterocycles. The van der Waals surface area contributed by atoms with E-state index in [1.165, 1.54) is 12.1 Å². The Morgan fingerprint density at radius 1 is 1.50 bits per heavy atom. The molecule has 0 spiro atoms. The number of hydrogen-bond donors (Lipinski definition) is 2. The minimum Gasteiger partial charge on any atom is -0.381 e. The number of nitro benzene ring substituents is 1. The molecule has 8 nitrogen and oxygen atoms in total. The van der Waals surface area contributed by atoms with Gasteiger partial charge in [0.25, 0.3) is 5.69 Å². The van der Waals surface area contributed by atoms with Crippen LogP contribution in [0.5, 0.6) is 0 Å². The largest absolute Gasteiger partial charge is 0.381 e. The summed E-state index contributed by atoms with van der Waals surface area (Å²) in [5.41, 5.74) is 5.88. The number of nitrogens with one attached hydrogen (secondary N) is 1. The zero-order valence-electron chi connectivity index (χ0n) is 13.5. The number of piperidine rings is 1. The number of hydrogen-bond acceptors (Lipinski definition) is 6. The molecule has 1 aromatic carbocycles. The number of carbonyl (C=O) groups is 1. The molecule has 0 radical (unpaired) electrons. The van der Waals surface area contributed by atoms with Gasteiger partial charge in [-0.05, 0) is 18.9 Å². The Hall–Kier alpha value is -1.74. The van der Waals surface area contributed by atoms with Crippen LogP contribution >= 0.6 is 12.4 Å². The quantitative estimate of drug-likeness (QED) is 0.587. The summed E-state index contributed by atoms with van der Waals surface area (Å²) in [7, 11) is 1.68. The van der Waals surface area contributed by atoms with Gasteiger partial charge in [0.1, 0.15) is 5.69 Å². The maximum Gasteiger partial charge on any atom is 0.292 e. The number of nitro groups is 1. The molecule has 24 heavy (non-hydrogen) atoms. The van der Waals surface area contributed by atoms with Crippen molar-refractivity contribution in [2.75, 3.05) is 32.1 Å². The number of halogens is 1. The smallest absolute Gasteiger partial charge is 0.292 e. The van der Waals surface area contributed by atoms with Gasteiger partial charge < -0.3 is 15.8 Å². The van der Waals surface area contributed by atoms with Crippen molar-refractivity contribution in [2.45, 2.75) is 25.0 Å². The highest BCUT2D eigenvalue weighted by Gasteiger charge is 2.29. The second-order valence-corrected chi connectivity index (χ2v) is 5.56. The van der Waals surface area contributed by atoms with Crippen LogP contribution in [0, 0.1) is 10.1 Å². The van der Waals surface area contributed by atoms with Gasteiger partial charge in [0.05, 0.1) is 17.6 Å². The van der Waals surface area contributed by atoms with Crippen molar-refractivity contribution in [1.82, 2.24) is 4.90 Å². The van der Waals surface area contributed by atoms with Crippen LogP contribution in [0.1, 0.15) is 12.8 Å². The van der Waals surface area contributed by atoms with E-state index in [1.54, 1.807) is 19.2 Å². The van der Waals surface area contributed by atoms with Crippen LogP contribution in [-0.4, -0.2) is 54.6 Å². The Labute approximate surface area is 146 Å². The Morgan fingerprint density at radius 2 is 2.21 bits per heavy atom. The predicted octanol–water partition coefficient (Wildman–Crippen LogP) is 1.39. The molecular formula is C15H23ClN4O4. The number of methoxy groups -OCH3 is 1. The summed E-state index contributed by atoms with van der Waals surface area (Å²) < 4.78 is 5.36. The van der Waals surface area contributed by atoms with E-state index in [1.807, 2.05) is 4.90 Å². The number of nitrogens with two attached hydrogens (primary N) is 1. The van der Waals surface area contributed by atoms with Gasteiger partial charge >= 0.3 is 0 Å². The number of amides is 1. The van der Waals surface area contributed by atoms with Crippen molar-refractivity contribution in [3.8, 4) is 0 Å². The molecule has 2 atom stereocenters. The van der Waals surface area contributed by atoms with E-state index < -0.39 is 4.92 Å². The minimum absolute atomic E-state index is 0. The van der Waals surface area contributed by atoms with Crippen LogP contribution in [0.15, 0.2) is 24.3 Å². The third-order valence-electron chi connectivity index (χ3n) is 4.12. The Kier molecular flexibility index (Phi) is 8.06. The fourth-order valence-electron chi connectivity index (χ4n) is 2.84. The Bertz CT molecular complexity index is 572. The SMILES string of the molecule is COC1CCN(CC(=O)Nc2ccccc2[N+](=O)[O-])C(CN)C1.Cl. The second-order valence-electron chi connectivity index (χ2n) is 5.56. The molecule has 1 fully saturated rings. The lowest BCUT2D eigenvalue weighted by atomic mass is 9.99. The lowest BCUT2D eigenvalue weighted by molar-refractivity contribution is -0.383. The van der Waals surface area contributed by atoms with Gasteiger partial charge in [-0.15, -0.1) is 12.4 Å². The average molecular weight is 359 g/mol. The van der Waals surface area contributed by atoms with Gasteiger partial charge in [0, 0.05) is 32.3 Å². The first kappa shape index (κ1) is 20.3. The van der Waals surface area contributed by atoms with Crippen LogP contribution in [0.2, 0.25) is 0 Å².